The lowest BCUT2D eigenvalue weighted by Crippen LogP contribution is -2.36. The summed E-state index contributed by atoms with van der Waals surface area (Å²) in [5.41, 5.74) is 0.265. The Morgan fingerprint density at radius 1 is 1.16 bits per heavy atom. The van der Waals surface area contributed by atoms with E-state index in [9.17, 15) is 14.4 Å². The van der Waals surface area contributed by atoms with E-state index in [2.05, 4.69) is 5.10 Å². The van der Waals surface area contributed by atoms with E-state index in [1.54, 1.807) is 13.8 Å². The zero-order valence-electron chi connectivity index (χ0n) is 11.5. The summed E-state index contributed by atoms with van der Waals surface area (Å²) >= 11 is 0. The fourth-order valence-corrected chi connectivity index (χ4v) is 2.61. The summed E-state index contributed by atoms with van der Waals surface area (Å²) in [4.78, 5) is 35.8. The van der Waals surface area contributed by atoms with Crippen LogP contribution in [0.1, 0.15) is 43.2 Å². The van der Waals surface area contributed by atoms with E-state index in [0.717, 1.165) is 30.4 Å². The second-order valence-electron chi connectivity index (χ2n) is 5.38. The molecule has 0 saturated heterocycles. The number of nitrogens with zero attached hydrogens (tertiary/aromatic N) is 1. The van der Waals surface area contributed by atoms with Crippen molar-refractivity contribution in [3.8, 4) is 0 Å². The number of rotatable bonds is 3. The Kier molecular flexibility index (Phi) is 4.02. The molecule has 5 heteroatoms. The molecule has 1 aliphatic carbocycles. The van der Waals surface area contributed by atoms with Crippen LogP contribution < -0.4 is 11.1 Å². The van der Waals surface area contributed by atoms with Crippen LogP contribution in [0.15, 0.2) is 9.59 Å². The number of carbonyl (C=O) groups excluding carboxylic acids is 1. The molecular weight excluding hydrogens is 244 g/mol. The predicted molar refractivity (Wildman–Crippen MR) is 72.4 cm³/mol. The van der Waals surface area contributed by atoms with Gasteiger partial charge in [-0.05, 0) is 26.7 Å². The first-order valence-electron chi connectivity index (χ1n) is 6.83. The minimum Gasteiger partial charge on any atom is -0.297 e. The van der Waals surface area contributed by atoms with Crippen molar-refractivity contribution in [2.45, 2.75) is 52.5 Å². The van der Waals surface area contributed by atoms with Gasteiger partial charge in [-0.3, -0.25) is 19.5 Å². The minimum atomic E-state index is -0.298. The molecule has 1 saturated carbocycles. The SMILES string of the molecule is Cc1c(C)c(=O)n(CC(=O)C2CCCCC2)[nH]c1=O. The number of carbonyl (C=O) groups is 1. The molecule has 0 radical (unpaired) electrons. The normalized spacial score (nSPS) is 16.5. The highest BCUT2D eigenvalue weighted by Gasteiger charge is 2.22. The minimum absolute atomic E-state index is 0.0140. The van der Waals surface area contributed by atoms with Gasteiger partial charge in [0.2, 0.25) is 0 Å². The van der Waals surface area contributed by atoms with Gasteiger partial charge < -0.3 is 0 Å². The van der Waals surface area contributed by atoms with E-state index in [-0.39, 0.29) is 29.4 Å². The molecule has 2 rings (SSSR count). The van der Waals surface area contributed by atoms with Crippen molar-refractivity contribution in [3.05, 3.63) is 31.8 Å². The molecule has 0 amide bonds. The Balaban J connectivity index is 2.22. The Morgan fingerprint density at radius 3 is 2.42 bits per heavy atom. The molecule has 0 atom stereocenters. The van der Waals surface area contributed by atoms with Crippen molar-refractivity contribution >= 4 is 5.78 Å². The number of aromatic amines is 1. The van der Waals surface area contributed by atoms with Gasteiger partial charge in [-0.1, -0.05) is 19.3 Å². The van der Waals surface area contributed by atoms with Crippen molar-refractivity contribution < 1.29 is 4.79 Å². The summed E-state index contributed by atoms with van der Waals surface area (Å²) < 4.78 is 1.15. The van der Waals surface area contributed by atoms with Crippen molar-refractivity contribution in [3.63, 3.8) is 0 Å². The summed E-state index contributed by atoms with van der Waals surface area (Å²) in [6, 6.07) is 0. The van der Waals surface area contributed by atoms with E-state index < -0.39 is 0 Å². The van der Waals surface area contributed by atoms with Crippen molar-refractivity contribution in [2.75, 3.05) is 0 Å². The van der Waals surface area contributed by atoms with Crippen LogP contribution in [-0.4, -0.2) is 15.6 Å². The van der Waals surface area contributed by atoms with E-state index in [1.165, 1.54) is 6.42 Å². The van der Waals surface area contributed by atoms with Gasteiger partial charge in [0.05, 0.1) is 0 Å². The van der Waals surface area contributed by atoms with Crippen LogP contribution in [0.25, 0.3) is 0 Å². The quantitative estimate of drug-likeness (QED) is 0.894. The number of Topliss-reactive ketones (excluding diaryl/α,β-unsaturated/α-hetero) is 1. The first-order chi connectivity index (χ1) is 9.00. The maximum atomic E-state index is 12.1. The number of H-pyrrole nitrogens is 1. The van der Waals surface area contributed by atoms with Gasteiger partial charge in [0.15, 0.2) is 5.78 Å². The molecule has 1 fully saturated rings. The highest BCUT2D eigenvalue weighted by molar-refractivity contribution is 5.80. The van der Waals surface area contributed by atoms with E-state index in [4.69, 9.17) is 0 Å². The lowest BCUT2D eigenvalue weighted by atomic mass is 9.86. The number of hydrogen-bond acceptors (Lipinski definition) is 3. The second kappa shape index (κ2) is 5.55. The molecule has 0 unspecified atom stereocenters. The van der Waals surface area contributed by atoms with Gasteiger partial charge in [-0.15, -0.1) is 0 Å². The molecule has 19 heavy (non-hydrogen) atoms. The van der Waals surface area contributed by atoms with Gasteiger partial charge >= 0.3 is 0 Å². The molecule has 0 aliphatic heterocycles. The fraction of sp³-hybridized carbons (Fsp3) is 0.643. The summed E-state index contributed by atoms with van der Waals surface area (Å²) in [6.45, 7) is 3.22. The molecule has 1 aromatic rings. The van der Waals surface area contributed by atoms with Gasteiger partial charge in [-0.25, -0.2) is 4.68 Å². The Morgan fingerprint density at radius 2 is 1.79 bits per heavy atom. The van der Waals surface area contributed by atoms with Crippen LogP contribution in [0, 0.1) is 19.8 Å². The maximum absolute atomic E-state index is 12.1. The monoisotopic (exact) mass is 264 g/mol. The van der Waals surface area contributed by atoms with Gasteiger partial charge in [0, 0.05) is 17.0 Å². The summed E-state index contributed by atoms with van der Waals surface area (Å²) in [7, 11) is 0. The van der Waals surface area contributed by atoms with E-state index in [0.29, 0.717) is 11.1 Å². The summed E-state index contributed by atoms with van der Waals surface area (Å²) in [6.07, 6.45) is 5.15. The smallest absolute Gasteiger partial charge is 0.268 e. The van der Waals surface area contributed by atoms with Crippen LogP contribution in [0.3, 0.4) is 0 Å². The van der Waals surface area contributed by atoms with Gasteiger partial charge in [0.25, 0.3) is 11.1 Å². The van der Waals surface area contributed by atoms with Crippen LogP contribution in [-0.2, 0) is 11.3 Å². The molecule has 0 spiro atoms. The van der Waals surface area contributed by atoms with Crippen LogP contribution >= 0.6 is 0 Å². The molecule has 5 nitrogen and oxygen atoms in total. The molecular formula is C14H20N2O3. The van der Waals surface area contributed by atoms with Crippen molar-refractivity contribution in [2.24, 2.45) is 5.92 Å². The Bertz CT molecular complexity index is 592. The van der Waals surface area contributed by atoms with Crippen LogP contribution in [0.2, 0.25) is 0 Å². The fourth-order valence-electron chi connectivity index (χ4n) is 2.61. The third kappa shape index (κ3) is 2.85. The second-order valence-corrected chi connectivity index (χ2v) is 5.38. The largest absolute Gasteiger partial charge is 0.297 e. The lowest BCUT2D eigenvalue weighted by molar-refractivity contribution is -0.124. The molecule has 1 heterocycles. The van der Waals surface area contributed by atoms with Crippen LogP contribution in [0.5, 0.6) is 0 Å². The molecule has 0 aromatic carbocycles. The number of hydrogen-bond donors (Lipinski definition) is 1. The highest BCUT2D eigenvalue weighted by Crippen LogP contribution is 2.24. The Labute approximate surface area is 111 Å². The molecule has 1 aromatic heterocycles. The van der Waals surface area contributed by atoms with Crippen molar-refractivity contribution in [1.82, 2.24) is 9.78 Å². The van der Waals surface area contributed by atoms with Crippen LogP contribution in [0.4, 0.5) is 0 Å². The van der Waals surface area contributed by atoms with E-state index >= 15 is 0 Å². The molecule has 1 N–H and O–H groups in total. The zero-order valence-corrected chi connectivity index (χ0v) is 11.5. The lowest BCUT2D eigenvalue weighted by Gasteiger charge is -2.20. The topological polar surface area (TPSA) is 71.9 Å². The average molecular weight is 264 g/mol. The number of aromatic nitrogens is 2. The molecule has 1 aliphatic rings. The number of ketones is 1. The molecule has 0 bridgehead atoms. The van der Waals surface area contributed by atoms with Gasteiger partial charge in [0.1, 0.15) is 6.54 Å². The number of nitrogens with one attached hydrogen (secondary N) is 1. The van der Waals surface area contributed by atoms with Gasteiger partial charge in [-0.2, -0.15) is 0 Å². The zero-order chi connectivity index (χ0) is 14.0. The molecule has 104 valence electrons. The Hall–Kier alpha value is -1.65. The van der Waals surface area contributed by atoms with E-state index in [1.807, 2.05) is 0 Å². The highest BCUT2D eigenvalue weighted by atomic mass is 16.2. The summed E-state index contributed by atoms with van der Waals surface area (Å²) in [5, 5.41) is 2.48. The predicted octanol–water partition coefficient (Wildman–Crippen LogP) is 1.30. The summed E-state index contributed by atoms with van der Waals surface area (Å²) in [5.74, 6) is 0.103. The standard InChI is InChI=1S/C14H20N2O3/c1-9-10(2)14(19)16(15-13(9)18)8-12(17)11-6-4-3-5-7-11/h11H,3-8H2,1-2H3,(H,15,18). The van der Waals surface area contributed by atoms with Crippen molar-refractivity contribution in [1.29, 1.82) is 0 Å². The first kappa shape index (κ1) is 13.8. The maximum Gasteiger partial charge on any atom is 0.268 e. The third-order valence-corrected chi connectivity index (χ3v) is 4.08. The first-order valence-corrected chi connectivity index (χ1v) is 6.83. The third-order valence-electron chi connectivity index (χ3n) is 4.08. The average Bonchev–Trinajstić information content (AvgIpc) is 2.43.